The molecule has 1 fully saturated rings. The summed E-state index contributed by atoms with van der Waals surface area (Å²) >= 11 is 0. The fraction of sp³-hybridized carbons (Fsp3) is 0.538. The maximum absolute atomic E-state index is 12.2. The number of aromatic nitrogens is 1. The van der Waals surface area contributed by atoms with E-state index in [0.717, 1.165) is 0 Å². The Kier molecular flexibility index (Phi) is 5.56. The molecular weight excluding hydrogens is 303 g/mol. The molecule has 2 N–H and O–H groups in total. The predicted octanol–water partition coefficient (Wildman–Crippen LogP) is 0.627. The monoisotopic (exact) mass is 319 g/mol. The van der Waals surface area contributed by atoms with Gasteiger partial charge in [0.25, 0.3) is 0 Å². The molecule has 6 nitrogen and oxygen atoms in total. The van der Waals surface area contributed by atoms with Crippen LogP contribution in [-0.2, 0) is 16.1 Å². The van der Waals surface area contributed by atoms with E-state index in [1.165, 1.54) is 6.20 Å². The van der Waals surface area contributed by atoms with Crippen molar-refractivity contribution in [2.24, 2.45) is 0 Å². The van der Waals surface area contributed by atoms with Gasteiger partial charge in [-0.25, -0.2) is 4.98 Å². The highest BCUT2D eigenvalue weighted by molar-refractivity contribution is 5.82. The van der Waals surface area contributed by atoms with Gasteiger partial charge >= 0.3 is 6.18 Å². The zero-order valence-corrected chi connectivity index (χ0v) is 11.7. The summed E-state index contributed by atoms with van der Waals surface area (Å²) in [5.74, 6) is -0.432. The van der Waals surface area contributed by atoms with Crippen LogP contribution < -0.4 is 15.4 Å². The van der Waals surface area contributed by atoms with Crippen LogP contribution in [0, 0.1) is 0 Å². The summed E-state index contributed by atoms with van der Waals surface area (Å²) in [7, 11) is 0. The molecule has 0 spiro atoms. The van der Waals surface area contributed by atoms with Crippen molar-refractivity contribution in [3.05, 3.63) is 23.9 Å². The van der Waals surface area contributed by atoms with Crippen LogP contribution in [-0.4, -0.2) is 49.5 Å². The average Bonchev–Trinajstić information content (AvgIpc) is 2.51. The highest BCUT2D eigenvalue weighted by Gasteiger charge is 2.29. The molecule has 0 radical (unpaired) electrons. The molecule has 1 atom stereocenters. The van der Waals surface area contributed by atoms with E-state index in [0.29, 0.717) is 18.7 Å². The minimum Gasteiger partial charge on any atom is -0.468 e. The number of nitrogens with zero attached hydrogens (tertiary/aromatic N) is 1. The molecule has 1 aliphatic rings. The smallest absolute Gasteiger partial charge is 0.422 e. The van der Waals surface area contributed by atoms with Gasteiger partial charge in [-0.15, -0.1) is 0 Å². The molecule has 2 heterocycles. The summed E-state index contributed by atoms with van der Waals surface area (Å²) in [4.78, 5) is 15.7. The second-order valence-corrected chi connectivity index (χ2v) is 4.67. The van der Waals surface area contributed by atoms with E-state index in [1.807, 2.05) is 0 Å². The second kappa shape index (κ2) is 7.41. The maximum atomic E-state index is 12.2. The SMILES string of the molecule is O=C(NCc1cccnc1OCC(F)(F)F)[C@@H]1COCCN1. The van der Waals surface area contributed by atoms with Crippen molar-refractivity contribution in [1.82, 2.24) is 15.6 Å². The number of halogens is 3. The largest absolute Gasteiger partial charge is 0.468 e. The van der Waals surface area contributed by atoms with E-state index < -0.39 is 18.8 Å². The standard InChI is InChI=1S/C13H16F3N3O3/c14-13(15,16)8-22-12-9(2-1-3-18-12)6-19-11(20)10-7-21-5-4-17-10/h1-3,10,17H,4-8H2,(H,19,20)/t10-/m0/s1. The van der Waals surface area contributed by atoms with Crippen molar-refractivity contribution >= 4 is 5.91 Å². The summed E-state index contributed by atoms with van der Waals surface area (Å²) in [6, 6.07) is 2.64. The predicted molar refractivity (Wildman–Crippen MR) is 70.2 cm³/mol. The van der Waals surface area contributed by atoms with E-state index in [-0.39, 0.29) is 24.9 Å². The zero-order valence-electron chi connectivity index (χ0n) is 11.7. The molecular formula is C13H16F3N3O3. The van der Waals surface area contributed by atoms with E-state index >= 15 is 0 Å². The minimum absolute atomic E-state index is 0.0258. The number of alkyl halides is 3. The van der Waals surface area contributed by atoms with E-state index in [4.69, 9.17) is 4.74 Å². The fourth-order valence-corrected chi connectivity index (χ4v) is 1.88. The zero-order chi connectivity index (χ0) is 16.0. The number of carbonyl (C=O) groups excluding carboxylic acids is 1. The summed E-state index contributed by atoms with van der Waals surface area (Å²) in [5, 5.41) is 5.61. The number of carbonyl (C=O) groups is 1. The first-order chi connectivity index (χ1) is 10.5. The molecule has 0 bridgehead atoms. The third-order valence-electron chi connectivity index (χ3n) is 2.91. The Morgan fingerprint density at radius 2 is 2.36 bits per heavy atom. The molecule has 1 aliphatic heterocycles. The third kappa shape index (κ3) is 5.15. The molecule has 0 unspecified atom stereocenters. The third-order valence-corrected chi connectivity index (χ3v) is 2.91. The van der Waals surface area contributed by atoms with Gasteiger partial charge in [-0.1, -0.05) is 6.07 Å². The molecule has 0 aromatic carbocycles. The maximum Gasteiger partial charge on any atom is 0.422 e. The summed E-state index contributed by atoms with van der Waals surface area (Å²) in [6.45, 7) is -0.0237. The molecule has 0 saturated carbocycles. The van der Waals surface area contributed by atoms with Crippen LogP contribution in [0.1, 0.15) is 5.56 Å². The van der Waals surface area contributed by atoms with E-state index in [9.17, 15) is 18.0 Å². The lowest BCUT2D eigenvalue weighted by Crippen LogP contribution is -2.51. The number of nitrogens with one attached hydrogen (secondary N) is 2. The first-order valence-corrected chi connectivity index (χ1v) is 6.68. The van der Waals surface area contributed by atoms with Gasteiger partial charge in [0.2, 0.25) is 11.8 Å². The number of ether oxygens (including phenoxy) is 2. The summed E-state index contributed by atoms with van der Waals surface area (Å²) in [6.07, 6.45) is -3.12. The van der Waals surface area contributed by atoms with Crippen LogP contribution in [0.25, 0.3) is 0 Å². The number of amides is 1. The second-order valence-electron chi connectivity index (χ2n) is 4.67. The molecule has 9 heteroatoms. The molecule has 0 aliphatic carbocycles. The Labute approximate surface area is 125 Å². The molecule has 1 aromatic rings. The molecule has 1 saturated heterocycles. The Balaban J connectivity index is 1.90. The quantitative estimate of drug-likeness (QED) is 0.833. The minimum atomic E-state index is -4.44. The van der Waals surface area contributed by atoms with Crippen molar-refractivity contribution < 1.29 is 27.4 Å². The van der Waals surface area contributed by atoms with Gasteiger partial charge in [-0.05, 0) is 6.07 Å². The van der Waals surface area contributed by atoms with Crippen LogP contribution in [0.15, 0.2) is 18.3 Å². The van der Waals surface area contributed by atoms with Crippen molar-refractivity contribution in [3.8, 4) is 5.88 Å². The van der Waals surface area contributed by atoms with Crippen molar-refractivity contribution in [3.63, 3.8) is 0 Å². The Morgan fingerprint density at radius 3 is 3.05 bits per heavy atom. The summed E-state index contributed by atoms with van der Waals surface area (Å²) < 4.78 is 46.4. The number of hydrogen-bond donors (Lipinski definition) is 2. The molecule has 122 valence electrons. The van der Waals surface area contributed by atoms with Gasteiger partial charge in [0.15, 0.2) is 6.61 Å². The van der Waals surface area contributed by atoms with Gasteiger partial charge in [-0.2, -0.15) is 13.2 Å². The van der Waals surface area contributed by atoms with Gasteiger partial charge in [0.05, 0.1) is 13.2 Å². The van der Waals surface area contributed by atoms with Crippen molar-refractivity contribution in [2.75, 3.05) is 26.4 Å². The van der Waals surface area contributed by atoms with Crippen LogP contribution in [0.4, 0.5) is 13.2 Å². The molecule has 22 heavy (non-hydrogen) atoms. The van der Waals surface area contributed by atoms with Crippen LogP contribution in [0.3, 0.4) is 0 Å². The number of morpholine rings is 1. The summed E-state index contributed by atoms with van der Waals surface area (Å²) in [5.41, 5.74) is 0.372. The van der Waals surface area contributed by atoms with E-state index in [2.05, 4.69) is 20.4 Å². The number of pyridine rings is 1. The lowest BCUT2D eigenvalue weighted by Gasteiger charge is -2.23. The first kappa shape index (κ1) is 16.5. The molecule has 1 amide bonds. The lowest BCUT2D eigenvalue weighted by atomic mass is 10.2. The van der Waals surface area contributed by atoms with Gasteiger partial charge in [0.1, 0.15) is 6.04 Å². The normalized spacial score (nSPS) is 18.8. The first-order valence-electron chi connectivity index (χ1n) is 6.68. The highest BCUT2D eigenvalue weighted by Crippen LogP contribution is 2.19. The Bertz CT molecular complexity index is 505. The number of hydrogen-bond acceptors (Lipinski definition) is 5. The van der Waals surface area contributed by atoms with Gasteiger partial charge < -0.3 is 20.1 Å². The lowest BCUT2D eigenvalue weighted by molar-refractivity contribution is -0.154. The van der Waals surface area contributed by atoms with Gasteiger partial charge in [0, 0.05) is 24.8 Å². The van der Waals surface area contributed by atoms with Crippen molar-refractivity contribution in [2.45, 2.75) is 18.8 Å². The number of rotatable bonds is 5. The highest BCUT2D eigenvalue weighted by atomic mass is 19.4. The Morgan fingerprint density at radius 1 is 1.55 bits per heavy atom. The topological polar surface area (TPSA) is 72.5 Å². The molecule has 2 rings (SSSR count). The van der Waals surface area contributed by atoms with Crippen LogP contribution in [0.2, 0.25) is 0 Å². The fourth-order valence-electron chi connectivity index (χ4n) is 1.88. The molecule has 1 aromatic heterocycles. The van der Waals surface area contributed by atoms with Crippen LogP contribution in [0.5, 0.6) is 5.88 Å². The average molecular weight is 319 g/mol. The Hall–Kier alpha value is -1.87. The van der Waals surface area contributed by atoms with Gasteiger partial charge in [-0.3, -0.25) is 4.79 Å². The van der Waals surface area contributed by atoms with Crippen molar-refractivity contribution in [1.29, 1.82) is 0 Å². The van der Waals surface area contributed by atoms with E-state index in [1.54, 1.807) is 12.1 Å². The van der Waals surface area contributed by atoms with Crippen LogP contribution >= 0.6 is 0 Å².